The molecule has 2 heterocycles. The first-order chi connectivity index (χ1) is 10.1. The fourth-order valence-corrected chi connectivity index (χ4v) is 2.96. The minimum atomic E-state index is -0.315. The second-order valence-electron chi connectivity index (χ2n) is 6.52. The lowest BCUT2D eigenvalue weighted by atomic mass is 9.94. The maximum Gasteiger partial charge on any atom is 0.251 e. The lowest BCUT2D eigenvalue weighted by Gasteiger charge is -2.33. The molecule has 2 atom stereocenters. The Morgan fingerprint density at radius 3 is 3.00 bits per heavy atom. The number of H-pyrrole nitrogens is 1. The molecule has 1 aromatic heterocycles. The van der Waals surface area contributed by atoms with E-state index in [9.17, 15) is 4.79 Å². The van der Waals surface area contributed by atoms with Gasteiger partial charge in [-0.05, 0) is 51.5 Å². The minimum absolute atomic E-state index is 0.132. The van der Waals surface area contributed by atoms with Crippen LogP contribution in [-0.4, -0.2) is 46.8 Å². The number of aromatic nitrogens is 2. The summed E-state index contributed by atoms with van der Waals surface area (Å²) in [4.78, 5) is 14.4. The first kappa shape index (κ1) is 14.6. The summed E-state index contributed by atoms with van der Waals surface area (Å²) in [5.74, 6) is 1.18. The van der Waals surface area contributed by atoms with Crippen LogP contribution in [-0.2, 0) is 9.53 Å². The summed E-state index contributed by atoms with van der Waals surface area (Å²) >= 11 is 0. The highest BCUT2D eigenvalue weighted by atomic mass is 16.5. The molecular weight excluding hydrogens is 266 g/mol. The van der Waals surface area contributed by atoms with Gasteiger partial charge in [0.1, 0.15) is 6.10 Å². The first-order valence-electron chi connectivity index (χ1n) is 8.06. The molecule has 2 aliphatic rings. The van der Waals surface area contributed by atoms with E-state index in [0.717, 1.165) is 43.9 Å². The monoisotopic (exact) mass is 291 g/mol. The Labute approximate surface area is 126 Å². The van der Waals surface area contributed by atoms with Gasteiger partial charge < -0.3 is 9.64 Å². The van der Waals surface area contributed by atoms with Crippen LogP contribution in [0.5, 0.6) is 0 Å². The first-order valence-corrected chi connectivity index (χ1v) is 8.06. The number of hydrogen-bond donors (Lipinski definition) is 1. The number of likely N-dealkylation sites (tertiary alicyclic amines) is 1. The molecule has 0 aromatic carbocycles. The van der Waals surface area contributed by atoms with Crippen LogP contribution in [0.1, 0.15) is 49.9 Å². The van der Waals surface area contributed by atoms with Crippen molar-refractivity contribution >= 4 is 5.91 Å². The van der Waals surface area contributed by atoms with Gasteiger partial charge in [-0.1, -0.05) is 0 Å². The summed E-state index contributed by atoms with van der Waals surface area (Å²) in [6, 6.07) is 2.09. The van der Waals surface area contributed by atoms with Gasteiger partial charge in [-0.15, -0.1) is 0 Å². The molecular formula is C16H25N3O2. The van der Waals surface area contributed by atoms with E-state index in [1.807, 2.05) is 18.7 Å². The van der Waals surface area contributed by atoms with Crippen LogP contribution in [0.2, 0.25) is 0 Å². The van der Waals surface area contributed by atoms with Crippen LogP contribution in [0.3, 0.4) is 0 Å². The highest BCUT2D eigenvalue weighted by Gasteiger charge is 2.30. The number of ether oxygens (including phenoxy) is 1. The summed E-state index contributed by atoms with van der Waals surface area (Å²) in [5.41, 5.74) is 2.16. The third kappa shape index (κ3) is 3.64. The van der Waals surface area contributed by atoms with Crippen molar-refractivity contribution in [2.45, 2.75) is 51.6 Å². The molecule has 2 unspecified atom stereocenters. The van der Waals surface area contributed by atoms with Crippen molar-refractivity contribution in [1.29, 1.82) is 0 Å². The summed E-state index contributed by atoms with van der Waals surface area (Å²) in [7, 11) is 0. The highest BCUT2D eigenvalue weighted by molar-refractivity contribution is 5.80. The second kappa shape index (κ2) is 6.18. The fraction of sp³-hybridized carbons (Fsp3) is 0.750. The van der Waals surface area contributed by atoms with E-state index in [4.69, 9.17) is 4.74 Å². The maximum absolute atomic E-state index is 12.5. The van der Waals surface area contributed by atoms with Crippen molar-refractivity contribution in [2.24, 2.45) is 5.92 Å². The van der Waals surface area contributed by atoms with Gasteiger partial charge in [0.15, 0.2) is 0 Å². The number of piperidine rings is 1. The molecule has 0 spiro atoms. The summed E-state index contributed by atoms with van der Waals surface area (Å²) in [6.07, 6.45) is 4.34. The number of hydrogen-bond acceptors (Lipinski definition) is 3. The summed E-state index contributed by atoms with van der Waals surface area (Å²) in [5, 5.41) is 7.35. The summed E-state index contributed by atoms with van der Waals surface area (Å²) < 4.78 is 5.71. The number of nitrogens with zero attached hydrogens (tertiary/aromatic N) is 2. The predicted molar refractivity (Wildman–Crippen MR) is 80.0 cm³/mol. The van der Waals surface area contributed by atoms with Crippen LogP contribution in [0.25, 0.3) is 0 Å². The molecule has 1 aliphatic carbocycles. The summed E-state index contributed by atoms with van der Waals surface area (Å²) in [6.45, 7) is 6.24. The zero-order valence-electron chi connectivity index (χ0n) is 13.0. The van der Waals surface area contributed by atoms with E-state index in [1.54, 1.807) is 0 Å². The van der Waals surface area contributed by atoms with Gasteiger partial charge in [-0.2, -0.15) is 5.10 Å². The van der Waals surface area contributed by atoms with Crippen molar-refractivity contribution in [3.8, 4) is 0 Å². The van der Waals surface area contributed by atoms with E-state index in [0.29, 0.717) is 11.8 Å². The van der Waals surface area contributed by atoms with Crippen molar-refractivity contribution in [2.75, 3.05) is 19.7 Å². The van der Waals surface area contributed by atoms with Gasteiger partial charge in [0.05, 0.1) is 12.3 Å². The van der Waals surface area contributed by atoms with Gasteiger partial charge in [-0.3, -0.25) is 9.89 Å². The van der Waals surface area contributed by atoms with Gasteiger partial charge >= 0.3 is 0 Å². The predicted octanol–water partition coefficient (Wildman–Crippen LogP) is 2.24. The van der Waals surface area contributed by atoms with E-state index in [1.165, 1.54) is 12.8 Å². The van der Waals surface area contributed by atoms with E-state index < -0.39 is 0 Å². The molecule has 0 bridgehead atoms. The molecule has 116 valence electrons. The lowest BCUT2D eigenvalue weighted by molar-refractivity contribution is -0.144. The molecule has 21 heavy (non-hydrogen) atoms. The van der Waals surface area contributed by atoms with E-state index >= 15 is 0 Å². The number of carbonyl (C=O) groups is 1. The van der Waals surface area contributed by atoms with E-state index in [2.05, 4.69) is 16.3 Å². The average molecular weight is 291 g/mol. The van der Waals surface area contributed by atoms with Crippen molar-refractivity contribution in [3.05, 3.63) is 17.5 Å². The Kier molecular flexibility index (Phi) is 4.29. The standard InChI is InChI=1S/C16H25N3O2/c1-11-8-15(18-17-11)14-4-3-7-19(9-14)16(20)12(2)21-10-13-5-6-13/h8,12-14H,3-7,9-10H2,1-2H3,(H,17,18). The molecule has 1 N–H and O–H groups in total. The average Bonchev–Trinajstić information content (AvgIpc) is 3.24. The quantitative estimate of drug-likeness (QED) is 0.905. The number of carbonyl (C=O) groups excluding carboxylic acids is 1. The molecule has 1 saturated heterocycles. The zero-order chi connectivity index (χ0) is 14.8. The van der Waals surface area contributed by atoms with Gasteiger partial charge in [0.2, 0.25) is 0 Å². The van der Waals surface area contributed by atoms with Crippen LogP contribution < -0.4 is 0 Å². The molecule has 5 heteroatoms. The van der Waals surface area contributed by atoms with Crippen LogP contribution >= 0.6 is 0 Å². The van der Waals surface area contributed by atoms with Gasteiger partial charge in [-0.25, -0.2) is 0 Å². The Morgan fingerprint density at radius 1 is 1.52 bits per heavy atom. The molecule has 3 rings (SSSR count). The SMILES string of the molecule is Cc1cc(C2CCCN(C(=O)C(C)OCC3CC3)C2)n[nH]1. The molecule has 1 amide bonds. The van der Waals surface area contributed by atoms with E-state index in [-0.39, 0.29) is 12.0 Å². The van der Waals surface area contributed by atoms with Crippen LogP contribution in [0.4, 0.5) is 0 Å². The largest absolute Gasteiger partial charge is 0.368 e. The Bertz CT molecular complexity index is 495. The molecule has 0 radical (unpaired) electrons. The second-order valence-corrected chi connectivity index (χ2v) is 6.52. The number of aromatic amines is 1. The Morgan fingerprint density at radius 2 is 2.33 bits per heavy atom. The van der Waals surface area contributed by atoms with Gasteiger partial charge in [0.25, 0.3) is 5.91 Å². The Hall–Kier alpha value is -1.36. The lowest BCUT2D eigenvalue weighted by Crippen LogP contribution is -2.44. The molecule has 2 fully saturated rings. The topological polar surface area (TPSA) is 58.2 Å². The third-order valence-electron chi connectivity index (χ3n) is 4.50. The maximum atomic E-state index is 12.5. The number of rotatable bonds is 5. The smallest absolute Gasteiger partial charge is 0.251 e. The minimum Gasteiger partial charge on any atom is -0.368 e. The van der Waals surface area contributed by atoms with Crippen molar-refractivity contribution < 1.29 is 9.53 Å². The molecule has 1 aromatic rings. The third-order valence-corrected chi connectivity index (χ3v) is 4.50. The molecule has 1 saturated carbocycles. The van der Waals surface area contributed by atoms with Crippen molar-refractivity contribution in [1.82, 2.24) is 15.1 Å². The fourth-order valence-electron chi connectivity index (χ4n) is 2.96. The number of nitrogens with one attached hydrogen (secondary N) is 1. The van der Waals surface area contributed by atoms with Crippen LogP contribution in [0.15, 0.2) is 6.07 Å². The number of aryl methyl sites for hydroxylation is 1. The zero-order valence-corrected chi connectivity index (χ0v) is 13.0. The van der Waals surface area contributed by atoms with Crippen molar-refractivity contribution in [3.63, 3.8) is 0 Å². The Balaban J connectivity index is 1.55. The molecule has 1 aliphatic heterocycles. The normalized spacial score (nSPS) is 24.1. The van der Waals surface area contributed by atoms with Gasteiger partial charge in [0, 0.05) is 24.7 Å². The molecule has 5 nitrogen and oxygen atoms in total. The van der Waals surface area contributed by atoms with Crippen LogP contribution in [0, 0.1) is 12.8 Å². The number of amides is 1. The highest BCUT2D eigenvalue weighted by Crippen LogP contribution is 2.30.